The quantitative estimate of drug-likeness (QED) is 0.792. The van der Waals surface area contributed by atoms with Gasteiger partial charge in [0.2, 0.25) is 0 Å². The summed E-state index contributed by atoms with van der Waals surface area (Å²) in [6.45, 7) is 6.59. The maximum absolute atomic E-state index is 6.07. The van der Waals surface area contributed by atoms with Crippen LogP contribution in [0.25, 0.3) is 0 Å². The lowest BCUT2D eigenvalue weighted by Crippen LogP contribution is -2.29. The Bertz CT molecular complexity index is 308. The van der Waals surface area contributed by atoms with Gasteiger partial charge in [-0.2, -0.15) is 0 Å². The first kappa shape index (κ1) is 10.5. The Morgan fingerprint density at radius 2 is 2.15 bits per heavy atom. The second-order valence-electron chi connectivity index (χ2n) is 3.93. The van der Waals surface area contributed by atoms with Crippen molar-refractivity contribution in [2.45, 2.75) is 26.2 Å². The van der Waals surface area contributed by atoms with Gasteiger partial charge in [0.05, 0.1) is 10.7 Å². The Hall–Kier alpha value is -0.600. The van der Waals surface area contributed by atoms with Crippen molar-refractivity contribution in [3.05, 3.63) is 28.5 Å². The summed E-state index contributed by atoms with van der Waals surface area (Å²) in [6.07, 6.45) is 1.82. The second-order valence-corrected chi connectivity index (χ2v) is 4.34. The first-order chi connectivity index (χ1) is 5.97. The zero-order chi connectivity index (χ0) is 10.1. The average molecular weight is 199 g/mol. The third-order valence-corrected chi connectivity index (χ3v) is 2.42. The van der Waals surface area contributed by atoms with Gasteiger partial charge in [0, 0.05) is 18.2 Å². The van der Waals surface area contributed by atoms with Gasteiger partial charge in [-0.05, 0) is 18.6 Å². The van der Waals surface area contributed by atoms with E-state index in [4.69, 9.17) is 17.3 Å². The van der Waals surface area contributed by atoms with E-state index in [1.54, 1.807) is 0 Å². The van der Waals surface area contributed by atoms with Crippen LogP contribution in [-0.4, -0.2) is 11.5 Å². The molecule has 0 bridgehead atoms. The second kappa shape index (κ2) is 3.64. The average Bonchev–Trinajstić information content (AvgIpc) is 2.03. The van der Waals surface area contributed by atoms with Gasteiger partial charge in [-0.3, -0.25) is 4.98 Å². The van der Waals surface area contributed by atoms with Crippen LogP contribution in [0.15, 0.2) is 12.3 Å². The van der Waals surface area contributed by atoms with Crippen molar-refractivity contribution in [3.63, 3.8) is 0 Å². The number of pyridine rings is 1. The molecule has 13 heavy (non-hydrogen) atoms. The van der Waals surface area contributed by atoms with Crippen molar-refractivity contribution in [3.8, 4) is 0 Å². The SMILES string of the molecule is Cc1cnc(C(C)(C)CN)c(Cl)c1. The molecule has 1 aromatic rings. The highest BCUT2D eigenvalue weighted by molar-refractivity contribution is 6.31. The van der Waals surface area contributed by atoms with E-state index in [2.05, 4.69) is 4.98 Å². The van der Waals surface area contributed by atoms with Gasteiger partial charge < -0.3 is 5.73 Å². The molecule has 0 aliphatic carbocycles. The van der Waals surface area contributed by atoms with E-state index < -0.39 is 0 Å². The van der Waals surface area contributed by atoms with Crippen molar-refractivity contribution in [1.29, 1.82) is 0 Å². The number of aromatic nitrogens is 1. The largest absolute Gasteiger partial charge is 0.330 e. The van der Waals surface area contributed by atoms with Crippen LogP contribution in [0.3, 0.4) is 0 Å². The molecular formula is C10H15ClN2. The number of hydrogen-bond donors (Lipinski definition) is 1. The zero-order valence-electron chi connectivity index (χ0n) is 8.26. The van der Waals surface area contributed by atoms with Crippen LogP contribution >= 0.6 is 11.6 Å². The van der Waals surface area contributed by atoms with E-state index in [1.807, 2.05) is 33.0 Å². The van der Waals surface area contributed by atoms with Crippen LogP contribution in [0.1, 0.15) is 25.1 Å². The number of aryl methyl sites for hydroxylation is 1. The topological polar surface area (TPSA) is 38.9 Å². The van der Waals surface area contributed by atoms with Crippen LogP contribution in [0.5, 0.6) is 0 Å². The molecule has 0 fully saturated rings. The van der Waals surface area contributed by atoms with Gasteiger partial charge in [0.15, 0.2) is 0 Å². The molecule has 3 heteroatoms. The molecule has 0 atom stereocenters. The lowest BCUT2D eigenvalue weighted by Gasteiger charge is -2.22. The highest BCUT2D eigenvalue weighted by atomic mass is 35.5. The molecule has 0 amide bonds. The molecule has 2 N–H and O–H groups in total. The van der Waals surface area contributed by atoms with Crippen LogP contribution in [0.2, 0.25) is 5.02 Å². The van der Waals surface area contributed by atoms with E-state index >= 15 is 0 Å². The molecule has 0 saturated heterocycles. The van der Waals surface area contributed by atoms with Crippen LogP contribution < -0.4 is 5.73 Å². The molecule has 1 aromatic heterocycles. The summed E-state index contributed by atoms with van der Waals surface area (Å²) in [4.78, 5) is 4.31. The van der Waals surface area contributed by atoms with Gasteiger partial charge in [-0.15, -0.1) is 0 Å². The molecule has 2 nitrogen and oxygen atoms in total. The summed E-state index contributed by atoms with van der Waals surface area (Å²) in [5.74, 6) is 0. The summed E-state index contributed by atoms with van der Waals surface area (Å²) in [7, 11) is 0. The van der Waals surface area contributed by atoms with E-state index in [0.717, 1.165) is 11.3 Å². The minimum atomic E-state index is -0.148. The summed E-state index contributed by atoms with van der Waals surface area (Å²) < 4.78 is 0. The summed E-state index contributed by atoms with van der Waals surface area (Å²) in [5.41, 5.74) is 7.45. The number of rotatable bonds is 2. The minimum absolute atomic E-state index is 0.148. The smallest absolute Gasteiger partial charge is 0.0658 e. The maximum Gasteiger partial charge on any atom is 0.0658 e. The Labute approximate surface area is 84.1 Å². The van der Waals surface area contributed by atoms with Gasteiger partial charge >= 0.3 is 0 Å². The first-order valence-corrected chi connectivity index (χ1v) is 4.68. The Morgan fingerprint density at radius 1 is 1.54 bits per heavy atom. The van der Waals surface area contributed by atoms with Crippen molar-refractivity contribution >= 4 is 11.6 Å². The van der Waals surface area contributed by atoms with E-state index in [0.29, 0.717) is 11.6 Å². The van der Waals surface area contributed by atoms with Crippen molar-refractivity contribution in [2.75, 3.05) is 6.54 Å². The molecule has 0 aliphatic rings. The third kappa shape index (κ3) is 2.20. The standard InChI is InChI=1S/C10H15ClN2/c1-7-4-8(11)9(13-5-7)10(2,3)6-12/h4-5H,6,12H2,1-3H3. The summed E-state index contributed by atoms with van der Waals surface area (Å²) in [5, 5.41) is 0.704. The molecule has 0 aromatic carbocycles. The molecule has 1 rings (SSSR count). The fourth-order valence-electron chi connectivity index (χ4n) is 1.13. The third-order valence-electron chi connectivity index (χ3n) is 2.13. The van der Waals surface area contributed by atoms with Gasteiger partial charge in [-0.1, -0.05) is 25.4 Å². The molecule has 0 spiro atoms. The molecule has 72 valence electrons. The van der Waals surface area contributed by atoms with Crippen molar-refractivity contribution < 1.29 is 0 Å². The molecule has 0 saturated carbocycles. The van der Waals surface area contributed by atoms with Crippen LogP contribution in [0, 0.1) is 6.92 Å². The Morgan fingerprint density at radius 3 is 2.62 bits per heavy atom. The molecule has 0 aliphatic heterocycles. The number of hydrogen-bond acceptors (Lipinski definition) is 2. The van der Waals surface area contributed by atoms with Crippen molar-refractivity contribution in [1.82, 2.24) is 4.98 Å². The number of nitrogens with zero attached hydrogens (tertiary/aromatic N) is 1. The lowest BCUT2D eigenvalue weighted by atomic mass is 9.89. The highest BCUT2D eigenvalue weighted by Gasteiger charge is 2.22. The minimum Gasteiger partial charge on any atom is -0.330 e. The Kier molecular flexibility index (Phi) is 2.94. The maximum atomic E-state index is 6.07. The van der Waals surface area contributed by atoms with Gasteiger partial charge in [-0.25, -0.2) is 0 Å². The number of halogens is 1. The normalized spacial score (nSPS) is 11.8. The summed E-state index contributed by atoms with van der Waals surface area (Å²) in [6, 6.07) is 1.92. The van der Waals surface area contributed by atoms with Crippen LogP contribution in [0.4, 0.5) is 0 Å². The van der Waals surface area contributed by atoms with Gasteiger partial charge in [0.1, 0.15) is 0 Å². The van der Waals surface area contributed by atoms with Crippen molar-refractivity contribution in [2.24, 2.45) is 5.73 Å². The molecule has 1 heterocycles. The molecule has 0 unspecified atom stereocenters. The van der Waals surface area contributed by atoms with Gasteiger partial charge in [0.25, 0.3) is 0 Å². The molecular weight excluding hydrogens is 184 g/mol. The predicted molar refractivity (Wildman–Crippen MR) is 56.1 cm³/mol. The van der Waals surface area contributed by atoms with E-state index in [9.17, 15) is 0 Å². The highest BCUT2D eigenvalue weighted by Crippen LogP contribution is 2.27. The predicted octanol–water partition coefficient (Wildman–Crippen LogP) is 2.28. The van der Waals surface area contributed by atoms with E-state index in [1.165, 1.54) is 0 Å². The summed E-state index contributed by atoms with van der Waals surface area (Å²) >= 11 is 6.07. The van der Waals surface area contributed by atoms with E-state index in [-0.39, 0.29) is 5.41 Å². The zero-order valence-corrected chi connectivity index (χ0v) is 9.02. The fourth-order valence-corrected chi connectivity index (χ4v) is 1.60. The Balaban J connectivity index is 3.16. The number of nitrogens with two attached hydrogens (primary N) is 1. The fraction of sp³-hybridized carbons (Fsp3) is 0.500. The lowest BCUT2D eigenvalue weighted by molar-refractivity contribution is 0.521. The monoisotopic (exact) mass is 198 g/mol. The first-order valence-electron chi connectivity index (χ1n) is 4.30. The molecule has 0 radical (unpaired) electrons. The van der Waals surface area contributed by atoms with Crippen LogP contribution in [-0.2, 0) is 5.41 Å².